The molecule has 3 nitrogen and oxygen atoms in total. The van der Waals surface area contributed by atoms with Gasteiger partial charge in [-0.3, -0.25) is 4.79 Å². The molecule has 0 saturated heterocycles. The molecule has 1 N–H and O–H groups in total. The fraction of sp³-hybridized carbons (Fsp3) is 0.533. The molecule has 1 aliphatic rings. The Morgan fingerprint density at radius 1 is 1.32 bits per heavy atom. The van der Waals surface area contributed by atoms with Crippen molar-refractivity contribution < 1.29 is 14.6 Å². The van der Waals surface area contributed by atoms with Crippen LogP contribution in [0, 0.1) is 5.92 Å². The van der Waals surface area contributed by atoms with E-state index in [1.165, 1.54) is 5.56 Å². The van der Waals surface area contributed by atoms with Gasteiger partial charge in [0.25, 0.3) is 0 Å². The largest absolute Gasteiger partial charge is 0.497 e. The molecule has 0 aliphatic heterocycles. The van der Waals surface area contributed by atoms with Crippen molar-refractivity contribution in [3.63, 3.8) is 0 Å². The van der Waals surface area contributed by atoms with E-state index in [-0.39, 0.29) is 11.2 Å². The van der Waals surface area contributed by atoms with E-state index in [0.717, 1.165) is 37.2 Å². The zero-order chi connectivity index (χ0) is 13.7. The van der Waals surface area contributed by atoms with E-state index in [4.69, 9.17) is 4.74 Å². The van der Waals surface area contributed by atoms with Crippen molar-refractivity contribution in [1.82, 2.24) is 0 Å². The Morgan fingerprint density at radius 2 is 2.00 bits per heavy atom. The number of benzene rings is 1. The summed E-state index contributed by atoms with van der Waals surface area (Å²) in [5.74, 6) is 0.928. The maximum atomic E-state index is 11.2. The molecule has 2 atom stereocenters. The summed E-state index contributed by atoms with van der Waals surface area (Å²) in [6.45, 7) is 0. The van der Waals surface area contributed by atoms with Crippen LogP contribution in [0.4, 0.5) is 0 Å². The highest BCUT2D eigenvalue weighted by molar-refractivity contribution is 7.99. The first kappa shape index (κ1) is 14.3. The lowest BCUT2D eigenvalue weighted by Crippen LogP contribution is -2.29. The van der Waals surface area contributed by atoms with Crippen molar-refractivity contribution in [2.24, 2.45) is 5.92 Å². The second-order valence-electron chi connectivity index (χ2n) is 4.93. The summed E-state index contributed by atoms with van der Waals surface area (Å²) in [6.07, 6.45) is 4.06. The predicted molar refractivity (Wildman–Crippen MR) is 77.7 cm³/mol. The number of carbonyl (C=O) groups is 1. The average Bonchev–Trinajstić information content (AvgIpc) is 2.46. The van der Waals surface area contributed by atoms with E-state index in [1.54, 1.807) is 18.9 Å². The molecule has 4 heteroatoms. The summed E-state index contributed by atoms with van der Waals surface area (Å²) in [5, 5.41) is 9.50. The van der Waals surface area contributed by atoms with Gasteiger partial charge in [-0.15, -0.1) is 0 Å². The van der Waals surface area contributed by atoms with Crippen LogP contribution in [0.3, 0.4) is 0 Å². The maximum Gasteiger partial charge on any atom is 0.307 e. The van der Waals surface area contributed by atoms with Crippen LogP contribution in [0.15, 0.2) is 24.3 Å². The summed E-state index contributed by atoms with van der Waals surface area (Å²) in [6, 6.07) is 7.99. The van der Waals surface area contributed by atoms with E-state index < -0.39 is 5.97 Å². The van der Waals surface area contributed by atoms with Crippen molar-refractivity contribution >= 4 is 17.7 Å². The SMILES string of the molecule is COc1ccc(CSC2CCCCC2C(=O)O)cc1. The van der Waals surface area contributed by atoms with Crippen molar-refractivity contribution in [1.29, 1.82) is 0 Å². The lowest BCUT2D eigenvalue weighted by molar-refractivity contribution is -0.142. The van der Waals surface area contributed by atoms with E-state index in [2.05, 4.69) is 0 Å². The van der Waals surface area contributed by atoms with E-state index >= 15 is 0 Å². The van der Waals surface area contributed by atoms with E-state index in [1.807, 2.05) is 24.3 Å². The van der Waals surface area contributed by atoms with Crippen LogP contribution in [0.1, 0.15) is 31.2 Å². The number of carboxylic acid groups (broad SMARTS) is 1. The molecule has 2 rings (SSSR count). The van der Waals surface area contributed by atoms with Crippen LogP contribution in [0.2, 0.25) is 0 Å². The Bertz CT molecular complexity index is 416. The van der Waals surface area contributed by atoms with Crippen molar-refractivity contribution in [3.05, 3.63) is 29.8 Å². The minimum Gasteiger partial charge on any atom is -0.497 e. The van der Waals surface area contributed by atoms with E-state index in [9.17, 15) is 9.90 Å². The van der Waals surface area contributed by atoms with Crippen LogP contribution in [0.5, 0.6) is 5.75 Å². The summed E-state index contributed by atoms with van der Waals surface area (Å²) < 4.78 is 5.13. The number of hydrogen-bond donors (Lipinski definition) is 1. The summed E-state index contributed by atoms with van der Waals surface area (Å²) in [4.78, 5) is 11.2. The Balaban J connectivity index is 1.90. The molecule has 0 radical (unpaired) electrons. The Kier molecular flexibility index (Phi) is 5.14. The molecule has 1 aromatic rings. The lowest BCUT2D eigenvalue weighted by atomic mass is 9.89. The fourth-order valence-corrected chi connectivity index (χ4v) is 3.92. The van der Waals surface area contributed by atoms with Crippen molar-refractivity contribution in [2.75, 3.05) is 7.11 Å². The predicted octanol–water partition coefficient (Wildman–Crippen LogP) is 3.57. The van der Waals surface area contributed by atoms with Crippen LogP contribution >= 0.6 is 11.8 Å². The Labute approximate surface area is 118 Å². The second kappa shape index (κ2) is 6.85. The molecule has 19 heavy (non-hydrogen) atoms. The third-order valence-electron chi connectivity index (χ3n) is 3.64. The molecule has 0 spiro atoms. The third-order valence-corrected chi connectivity index (χ3v) is 5.14. The van der Waals surface area contributed by atoms with Gasteiger partial charge in [-0.2, -0.15) is 11.8 Å². The zero-order valence-electron chi connectivity index (χ0n) is 11.2. The highest BCUT2D eigenvalue weighted by atomic mass is 32.2. The molecule has 1 fully saturated rings. The number of rotatable bonds is 5. The first-order valence-corrected chi connectivity index (χ1v) is 7.73. The summed E-state index contributed by atoms with van der Waals surface area (Å²) >= 11 is 1.78. The third kappa shape index (κ3) is 3.90. The van der Waals surface area contributed by atoms with Gasteiger partial charge in [-0.1, -0.05) is 25.0 Å². The minimum absolute atomic E-state index is 0.169. The Morgan fingerprint density at radius 3 is 2.63 bits per heavy atom. The molecule has 0 bridgehead atoms. The number of aliphatic carboxylic acids is 1. The monoisotopic (exact) mass is 280 g/mol. The van der Waals surface area contributed by atoms with Crippen molar-refractivity contribution in [2.45, 2.75) is 36.7 Å². The summed E-state index contributed by atoms with van der Waals surface area (Å²) in [5.41, 5.74) is 1.22. The zero-order valence-corrected chi connectivity index (χ0v) is 12.0. The Hall–Kier alpha value is -1.16. The van der Waals surface area contributed by atoms with Gasteiger partial charge in [-0.25, -0.2) is 0 Å². The van der Waals surface area contributed by atoms with Gasteiger partial charge >= 0.3 is 5.97 Å². The number of ether oxygens (including phenoxy) is 1. The highest BCUT2D eigenvalue weighted by Gasteiger charge is 2.30. The van der Waals surface area contributed by atoms with Crippen LogP contribution in [-0.2, 0) is 10.5 Å². The van der Waals surface area contributed by atoms with Gasteiger partial charge in [0, 0.05) is 11.0 Å². The van der Waals surface area contributed by atoms with Gasteiger partial charge in [0.1, 0.15) is 5.75 Å². The number of thioether (sulfide) groups is 1. The fourth-order valence-electron chi connectivity index (χ4n) is 2.50. The number of methoxy groups -OCH3 is 1. The van der Waals surface area contributed by atoms with Gasteiger partial charge in [0.05, 0.1) is 13.0 Å². The average molecular weight is 280 g/mol. The quantitative estimate of drug-likeness (QED) is 0.895. The van der Waals surface area contributed by atoms with Gasteiger partial charge in [0.15, 0.2) is 0 Å². The van der Waals surface area contributed by atoms with Gasteiger partial charge in [0.2, 0.25) is 0 Å². The first-order chi connectivity index (χ1) is 9.20. The molecule has 0 heterocycles. The minimum atomic E-state index is -0.632. The maximum absolute atomic E-state index is 11.2. The van der Waals surface area contributed by atoms with Crippen LogP contribution in [-0.4, -0.2) is 23.4 Å². The lowest BCUT2D eigenvalue weighted by Gasteiger charge is -2.28. The smallest absolute Gasteiger partial charge is 0.307 e. The number of hydrogen-bond acceptors (Lipinski definition) is 3. The van der Waals surface area contributed by atoms with E-state index in [0.29, 0.717) is 0 Å². The first-order valence-electron chi connectivity index (χ1n) is 6.68. The summed E-state index contributed by atoms with van der Waals surface area (Å²) in [7, 11) is 1.66. The molecule has 1 saturated carbocycles. The van der Waals surface area contributed by atoms with Crippen molar-refractivity contribution in [3.8, 4) is 5.75 Å². The number of carboxylic acids is 1. The molecule has 2 unspecified atom stereocenters. The molecule has 0 aromatic heterocycles. The molecule has 104 valence electrons. The van der Waals surface area contributed by atoms with Crippen LogP contribution in [0.25, 0.3) is 0 Å². The van der Waals surface area contributed by atoms with Gasteiger partial charge < -0.3 is 9.84 Å². The molecular formula is C15H20O3S. The highest BCUT2D eigenvalue weighted by Crippen LogP contribution is 2.35. The molecular weight excluding hydrogens is 260 g/mol. The topological polar surface area (TPSA) is 46.5 Å². The molecule has 1 aromatic carbocycles. The molecule has 1 aliphatic carbocycles. The molecule has 0 amide bonds. The van der Waals surface area contributed by atoms with Crippen LogP contribution < -0.4 is 4.74 Å². The standard InChI is InChI=1S/C15H20O3S/c1-18-12-8-6-11(7-9-12)10-19-14-5-3-2-4-13(14)15(16)17/h6-9,13-14H,2-5,10H2,1H3,(H,16,17). The van der Waals surface area contributed by atoms with Gasteiger partial charge in [-0.05, 0) is 30.5 Å². The second-order valence-corrected chi connectivity index (χ2v) is 6.15. The normalized spacial score (nSPS) is 23.0.